The molecule has 0 radical (unpaired) electrons. The van der Waals surface area contributed by atoms with Crippen molar-refractivity contribution in [2.45, 2.75) is 24.0 Å². The predicted molar refractivity (Wildman–Crippen MR) is 110 cm³/mol. The second-order valence-electron chi connectivity index (χ2n) is 6.02. The quantitative estimate of drug-likeness (QED) is 0.545. The SMILES string of the molecule is COc1ccccc1NC(=O)Cc1noc(CSc2ccc(NC(C)=O)cc2)n1. The summed E-state index contributed by atoms with van der Waals surface area (Å²) in [6.07, 6.45) is -0.00235. The minimum atomic E-state index is -0.261. The number of carbonyl (C=O) groups excluding carboxylic acids is 2. The second kappa shape index (κ2) is 9.74. The number of nitrogens with one attached hydrogen (secondary N) is 2. The molecular weight excluding hydrogens is 392 g/mol. The Morgan fingerprint density at radius 1 is 1.10 bits per heavy atom. The van der Waals surface area contributed by atoms with E-state index in [-0.39, 0.29) is 18.2 Å². The standard InChI is InChI=1S/C20H20N4O4S/c1-13(25)21-14-7-9-15(10-8-14)29-12-20-23-18(24-28-20)11-19(26)22-16-5-3-4-6-17(16)27-2/h3-10H,11-12H2,1-2H3,(H,21,25)(H,22,26). The molecule has 0 saturated heterocycles. The lowest BCUT2D eigenvalue weighted by atomic mass is 10.2. The number of thioether (sulfide) groups is 1. The summed E-state index contributed by atoms with van der Waals surface area (Å²) in [7, 11) is 1.54. The zero-order valence-electron chi connectivity index (χ0n) is 16.0. The lowest BCUT2D eigenvalue weighted by Crippen LogP contribution is -2.15. The first-order valence-electron chi connectivity index (χ1n) is 8.78. The highest BCUT2D eigenvalue weighted by Gasteiger charge is 2.13. The first-order valence-corrected chi connectivity index (χ1v) is 9.77. The van der Waals surface area contributed by atoms with Gasteiger partial charge in [-0.3, -0.25) is 9.59 Å². The lowest BCUT2D eigenvalue weighted by molar-refractivity contribution is -0.116. The minimum Gasteiger partial charge on any atom is -0.495 e. The smallest absolute Gasteiger partial charge is 0.237 e. The van der Waals surface area contributed by atoms with Crippen molar-refractivity contribution in [1.82, 2.24) is 10.1 Å². The maximum absolute atomic E-state index is 12.2. The van der Waals surface area contributed by atoms with Gasteiger partial charge in [0.1, 0.15) is 5.75 Å². The molecule has 0 fully saturated rings. The van der Waals surface area contributed by atoms with Crippen LogP contribution in [0.3, 0.4) is 0 Å². The van der Waals surface area contributed by atoms with Gasteiger partial charge in [0.05, 0.1) is 25.0 Å². The number of rotatable bonds is 8. The van der Waals surface area contributed by atoms with Gasteiger partial charge in [-0.25, -0.2) is 0 Å². The largest absolute Gasteiger partial charge is 0.495 e. The number of benzene rings is 2. The summed E-state index contributed by atoms with van der Waals surface area (Å²) < 4.78 is 10.4. The van der Waals surface area contributed by atoms with Gasteiger partial charge in [0.25, 0.3) is 0 Å². The number of hydrogen-bond acceptors (Lipinski definition) is 7. The zero-order valence-corrected chi connectivity index (χ0v) is 16.8. The van der Waals surface area contributed by atoms with E-state index in [0.29, 0.717) is 28.9 Å². The highest BCUT2D eigenvalue weighted by molar-refractivity contribution is 7.98. The van der Waals surface area contributed by atoms with Gasteiger partial charge in [0, 0.05) is 17.5 Å². The van der Waals surface area contributed by atoms with E-state index < -0.39 is 0 Å². The number of para-hydroxylation sites is 2. The zero-order chi connectivity index (χ0) is 20.6. The first kappa shape index (κ1) is 20.4. The Hall–Kier alpha value is -3.33. The van der Waals surface area contributed by atoms with Crippen LogP contribution in [0, 0.1) is 0 Å². The molecule has 3 aromatic rings. The Bertz CT molecular complexity index is 988. The highest BCUT2D eigenvalue weighted by atomic mass is 32.2. The fourth-order valence-corrected chi connectivity index (χ4v) is 3.23. The Balaban J connectivity index is 1.51. The van der Waals surface area contributed by atoms with Crippen molar-refractivity contribution in [1.29, 1.82) is 0 Å². The van der Waals surface area contributed by atoms with E-state index in [4.69, 9.17) is 9.26 Å². The van der Waals surface area contributed by atoms with Crippen LogP contribution in [0.15, 0.2) is 57.9 Å². The van der Waals surface area contributed by atoms with Crippen LogP contribution in [-0.2, 0) is 21.8 Å². The van der Waals surface area contributed by atoms with E-state index >= 15 is 0 Å². The summed E-state index contributed by atoms with van der Waals surface area (Å²) in [6.45, 7) is 1.46. The number of aromatic nitrogens is 2. The van der Waals surface area contributed by atoms with E-state index in [1.165, 1.54) is 18.7 Å². The number of methoxy groups -OCH3 is 1. The molecule has 3 rings (SSSR count). The molecule has 9 heteroatoms. The first-order chi connectivity index (χ1) is 14.0. The molecule has 0 unspecified atom stereocenters. The van der Waals surface area contributed by atoms with E-state index in [9.17, 15) is 9.59 Å². The predicted octanol–water partition coefficient (Wildman–Crippen LogP) is 3.51. The summed E-state index contributed by atoms with van der Waals surface area (Å²) in [4.78, 5) is 28.5. The maximum atomic E-state index is 12.2. The molecule has 0 aliphatic heterocycles. The average Bonchev–Trinajstić information content (AvgIpc) is 3.14. The normalized spacial score (nSPS) is 10.4. The molecular formula is C20H20N4O4S. The number of anilines is 2. The highest BCUT2D eigenvalue weighted by Crippen LogP contribution is 2.24. The van der Waals surface area contributed by atoms with Crippen molar-refractivity contribution >= 4 is 35.0 Å². The Kier molecular flexibility index (Phi) is 6.85. The van der Waals surface area contributed by atoms with Crippen LogP contribution in [0.2, 0.25) is 0 Å². The molecule has 2 N–H and O–H groups in total. The third kappa shape index (κ3) is 6.08. The molecule has 0 aliphatic rings. The van der Waals surface area contributed by atoms with Gasteiger partial charge in [0.15, 0.2) is 5.82 Å². The van der Waals surface area contributed by atoms with Gasteiger partial charge in [-0.05, 0) is 36.4 Å². The fraction of sp³-hybridized carbons (Fsp3) is 0.200. The number of carbonyl (C=O) groups is 2. The maximum Gasteiger partial charge on any atom is 0.237 e. The van der Waals surface area contributed by atoms with Crippen LogP contribution in [0.1, 0.15) is 18.6 Å². The molecule has 2 aromatic carbocycles. The van der Waals surface area contributed by atoms with Crippen LogP contribution < -0.4 is 15.4 Å². The second-order valence-corrected chi connectivity index (χ2v) is 7.07. The molecule has 0 atom stereocenters. The Labute approximate surface area is 172 Å². The van der Waals surface area contributed by atoms with Gasteiger partial charge in [-0.2, -0.15) is 4.98 Å². The monoisotopic (exact) mass is 412 g/mol. The fourth-order valence-electron chi connectivity index (χ4n) is 2.49. The summed E-state index contributed by atoms with van der Waals surface area (Å²) in [6, 6.07) is 14.6. The number of nitrogens with zero attached hydrogens (tertiary/aromatic N) is 2. The molecule has 0 spiro atoms. The van der Waals surface area contributed by atoms with Crippen LogP contribution in [0.5, 0.6) is 5.75 Å². The van der Waals surface area contributed by atoms with E-state index in [1.807, 2.05) is 36.4 Å². The molecule has 1 heterocycles. The number of hydrogen-bond donors (Lipinski definition) is 2. The van der Waals surface area contributed by atoms with Gasteiger partial charge in [0.2, 0.25) is 17.7 Å². The third-order valence-corrected chi connectivity index (χ3v) is 4.74. The molecule has 150 valence electrons. The van der Waals surface area contributed by atoms with Crippen LogP contribution >= 0.6 is 11.8 Å². The number of ether oxygens (including phenoxy) is 1. The Morgan fingerprint density at radius 2 is 1.86 bits per heavy atom. The van der Waals surface area contributed by atoms with Crippen LogP contribution in [0.4, 0.5) is 11.4 Å². The van der Waals surface area contributed by atoms with E-state index in [2.05, 4.69) is 20.8 Å². The summed E-state index contributed by atoms with van der Waals surface area (Å²) in [5, 5.41) is 9.35. The average molecular weight is 412 g/mol. The van der Waals surface area contributed by atoms with Crippen molar-refractivity contribution in [3.05, 3.63) is 60.2 Å². The summed E-state index contributed by atoms with van der Waals surface area (Å²) >= 11 is 1.51. The van der Waals surface area contributed by atoms with E-state index in [1.54, 1.807) is 19.2 Å². The molecule has 0 bridgehead atoms. The van der Waals surface area contributed by atoms with Crippen molar-refractivity contribution in [3.8, 4) is 5.75 Å². The summed E-state index contributed by atoms with van der Waals surface area (Å²) in [5.74, 6) is 1.42. The number of amides is 2. The molecule has 29 heavy (non-hydrogen) atoms. The molecule has 2 amide bonds. The van der Waals surface area contributed by atoms with Gasteiger partial charge in [-0.1, -0.05) is 17.3 Å². The third-order valence-electron chi connectivity index (χ3n) is 3.75. The van der Waals surface area contributed by atoms with Crippen molar-refractivity contribution < 1.29 is 18.8 Å². The molecule has 1 aromatic heterocycles. The van der Waals surface area contributed by atoms with Gasteiger partial charge >= 0.3 is 0 Å². The minimum absolute atomic E-state index is 0.00235. The summed E-state index contributed by atoms with van der Waals surface area (Å²) in [5.41, 5.74) is 1.32. The lowest BCUT2D eigenvalue weighted by Gasteiger charge is -2.08. The topological polar surface area (TPSA) is 106 Å². The van der Waals surface area contributed by atoms with Crippen molar-refractivity contribution in [3.63, 3.8) is 0 Å². The van der Waals surface area contributed by atoms with Crippen molar-refractivity contribution in [2.24, 2.45) is 0 Å². The van der Waals surface area contributed by atoms with Crippen LogP contribution in [0.25, 0.3) is 0 Å². The van der Waals surface area contributed by atoms with E-state index in [0.717, 1.165) is 10.6 Å². The molecule has 0 aliphatic carbocycles. The van der Waals surface area contributed by atoms with Crippen LogP contribution in [-0.4, -0.2) is 29.1 Å². The van der Waals surface area contributed by atoms with Gasteiger partial charge in [-0.15, -0.1) is 11.8 Å². The molecule has 0 saturated carbocycles. The molecule has 8 nitrogen and oxygen atoms in total. The Morgan fingerprint density at radius 3 is 2.59 bits per heavy atom. The van der Waals surface area contributed by atoms with Crippen molar-refractivity contribution in [2.75, 3.05) is 17.7 Å². The van der Waals surface area contributed by atoms with Gasteiger partial charge < -0.3 is 19.9 Å².